The van der Waals surface area contributed by atoms with E-state index in [9.17, 15) is 9.59 Å². The first kappa shape index (κ1) is 29.1. The molecule has 0 bridgehead atoms. The van der Waals surface area contributed by atoms with Gasteiger partial charge in [0, 0.05) is 20.4 Å². The van der Waals surface area contributed by atoms with Gasteiger partial charge in [0.2, 0.25) is 0 Å². The van der Waals surface area contributed by atoms with Crippen molar-refractivity contribution >= 4 is 35.9 Å². The number of carbonyl (C=O) groups is 2. The topological polar surface area (TPSA) is 34.1 Å². The second-order valence-electron chi connectivity index (χ2n) is 7.78. The molecule has 0 heterocycles. The number of allylic oxidation sites excluding steroid dienone is 4. The molecule has 3 heteroatoms. The fourth-order valence-electron chi connectivity index (χ4n) is 3.08. The van der Waals surface area contributed by atoms with Gasteiger partial charge < -0.3 is 0 Å². The first-order chi connectivity index (χ1) is 17.7. The molecular weight excluding hydrogens is 547 g/mol. The van der Waals surface area contributed by atoms with E-state index < -0.39 is 0 Å². The zero-order valence-corrected chi connectivity index (χ0v) is 21.9. The van der Waals surface area contributed by atoms with Crippen LogP contribution < -0.4 is 0 Å². The third-order valence-electron chi connectivity index (χ3n) is 4.96. The first-order valence-electron chi connectivity index (χ1n) is 11.7. The van der Waals surface area contributed by atoms with E-state index in [0.717, 1.165) is 22.3 Å². The van der Waals surface area contributed by atoms with Gasteiger partial charge in [-0.25, -0.2) is 0 Å². The van der Waals surface area contributed by atoms with Crippen LogP contribution in [-0.2, 0) is 30.0 Å². The summed E-state index contributed by atoms with van der Waals surface area (Å²) in [5, 5.41) is 0. The number of hydrogen-bond acceptors (Lipinski definition) is 2. The van der Waals surface area contributed by atoms with Crippen molar-refractivity contribution in [3.63, 3.8) is 0 Å². The minimum Gasteiger partial charge on any atom is -0.290 e. The largest absolute Gasteiger partial charge is 0.290 e. The summed E-state index contributed by atoms with van der Waals surface area (Å²) in [5.41, 5.74) is 4.11. The standard InChI is InChI=1S/2C17H14O.Pd/c2*18-17(13-11-15-7-3-1-4-8-15)14-12-16-9-5-2-6-10-16;/h2*1-14H;/b13-11+,14-12?;;. The molecule has 4 aromatic rings. The molecule has 0 amide bonds. The monoisotopic (exact) mass is 574 g/mol. The van der Waals surface area contributed by atoms with Crippen molar-refractivity contribution in [1.82, 2.24) is 0 Å². The van der Waals surface area contributed by atoms with Gasteiger partial charge in [-0.1, -0.05) is 146 Å². The Morgan fingerprint density at radius 1 is 0.351 bits per heavy atom. The SMILES string of the molecule is O=C(C=Cc1ccccc1)/C=C/c1ccccc1.O=C(C=Cc1ccccc1)C=Cc1ccccc1.[Pd]. The van der Waals surface area contributed by atoms with E-state index in [1.54, 1.807) is 24.3 Å². The summed E-state index contributed by atoms with van der Waals surface area (Å²) < 4.78 is 0. The van der Waals surface area contributed by atoms with E-state index in [-0.39, 0.29) is 32.0 Å². The van der Waals surface area contributed by atoms with Crippen LogP contribution in [0.3, 0.4) is 0 Å². The third kappa shape index (κ3) is 12.4. The molecule has 0 unspecified atom stereocenters. The minimum absolute atomic E-state index is 0. The Bertz CT molecular complexity index is 1110. The molecule has 0 N–H and O–H groups in total. The van der Waals surface area contributed by atoms with Crippen LogP contribution in [0.25, 0.3) is 24.3 Å². The predicted octanol–water partition coefficient (Wildman–Crippen LogP) is 7.96. The average molecular weight is 575 g/mol. The number of rotatable bonds is 8. The molecule has 0 saturated heterocycles. The summed E-state index contributed by atoms with van der Waals surface area (Å²) in [7, 11) is 0. The summed E-state index contributed by atoms with van der Waals surface area (Å²) in [5.74, 6) is -0.0228. The second-order valence-corrected chi connectivity index (χ2v) is 7.78. The smallest absolute Gasteiger partial charge is 0.178 e. The summed E-state index contributed by atoms with van der Waals surface area (Å²) in [6.45, 7) is 0. The van der Waals surface area contributed by atoms with E-state index >= 15 is 0 Å². The number of hydrogen-bond donors (Lipinski definition) is 0. The van der Waals surface area contributed by atoms with E-state index in [1.165, 1.54) is 0 Å². The molecule has 0 fully saturated rings. The van der Waals surface area contributed by atoms with Crippen molar-refractivity contribution in [3.05, 3.63) is 168 Å². The van der Waals surface area contributed by atoms with Crippen molar-refractivity contribution in [2.75, 3.05) is 0 Å². The van der Waals surface area contributed by atoms with Crippen LogP contribution in [-0.4, -0.2) is 11.6 Å². The minimum atomic E-state index is -0.0114. The second kappa shape index (κ2) is 17.3. The van der Waals surface area contributed by atoms with Crippen molar-refractivity contribution < 1.29 is 30.0 Å². The number of benzene rings is 4. The molecule has 0 aliphatic rings. The Morgan fingerprint density at radius 2 is 0.541 bits per heavy atom. The van der Waals surface area contributed by atoms with Crippen molar-refractivity contribution in [2.24, 2.45) is 0 Å². The van der Waals surface area contributed by atoms with Crippen LogP contribution in [0.4, 0.5) is 0 Å². The number of ketones is 2. The molecule has 0 atom stereocenters. The maximum absolute atomic E-state index is 11.6. The Morgan fingerprint density at radius 3 is 0.730 bits per heavy atom. The fraction of sp³-hybridized carbons (Fsp3) is 0. The van der Waals surface area contributed by atoms with Crippen LogP contribution in [0.1, 0.15) is 22.3 Å². The van der Waals surface area contributed by atoms with Crippen LogP contribution in [0.5, 0.6) is 0 Å². The Labute approximate surface area is 233 Å². The van der Waals surface area contributed by atoms with Gasteiger partial charge in [0.25, 0.3) is 0 Å². The molecule has 0 saturated carbocycles. The maximum Gasteiger partial charge on any atom is 0.178 e. The summed E-state index contributed by atoms with van der Waals surface area (Å²) in [6, 6.07) is 39.1. The van der Waals surface area contributed by atoms with E-state index in [0.29, 0.717) is 0 Å². The molecule has 2 nitrogen and oxygen atoms in total. The molecular formula is C34H28O2Pd. The number of carbonyl (C=O) groups excluding carboxylic acids is 2. The molecule has 186 valence electrons. The molecule has 0 radical (unpaired) electrons. The van der Waals surface area contributed by atoms with Crippen LogP contribution in [0.2, 0.25) is 0 Å². The Balaban J connectivity index is 0.000000253. The summed E-state index contributed by atoms with van der Waals surface area (Å²) in [4.78, 5) is 23.2. The molecule has 4 rings (SSSR count). The normalized spacial score (nSPS) is 10.8. The van der Waals surface area contributed by atoms with Crippen molar-refractivity contribution in [1.29, 1.82) is 0 Å². The molecule has 37 heavy (non-hydrogen) atoms. The Kier molecular flexibility index (Phi) is 13.6. The maximum atomic E-state index is 11.6. The molecule has 0 aliphatic heterocycles. The molecule has 4 aromatic carbocycles. The molecule has 0 spiro atoms. The molecule has 0 aromatic heterocycles. The third-order valence-corrected chi connectivity index (χ3v) is 4.96. The van der Waals surface area contributed by atoms with Gasteiger partial charge in [-0.05, 0) is 46.6 Å². The molecule has 0 aliphatic carbocycles. The summed E-state index contributed by atoms with van der Waals surface area (Å²) >= 11 is 0. The summed E-state index contributed by atoms with van der Waals surface area (Å²) in [6.07, 6.45) is 13.6. The van der Waals surface area contributed by atoms with Gasteiger partial charge in [-0.3, -0.25) is 9.59 Å². The van der Waals surface area contributed by atoms with Gasteiger partial charge in [0.1, 0.15) is 0 Å². The van der Waals surface area contributed by atoms with Crippen molar-refractivity contribution in [2.45, 2.75) is 0 Å². The zero-order chi connectivity index (χ0) is 25.3. The van der Waals surface area contributed by atoms with E-state index in [2.05, 4.69) is 0 Å². The predicted molar refractivity (Wildman–Crippen MR) is 152 cm³/mol. The van der Waals surface area contributed by atoms with Crippen molar-refractivity contribution in [3.8, 4) is 0 Å². The Hall–Kier alpha value is -4.16. The van der Waals surface area contributed by atoms with Gasteiger partial charge in [-0.15, -0.1) is 0 Å². The van der Waals surface area contributed by atoms with Gasteiger partial charge >= 0.3 is 0 Å². The average Bonchev–Trinajstić information content (AvgIpc) is 2.95. The quantitative estimate of drug-likeness (QED) is 0.158. The van der Waals surface area contributed by atoms with Gasteiger partial charge in [-0.2, -0.15) is 0 Å². The van der Waals surface area contributed by atoms with Crippen LogP contribution in [0, 0.1) is 0 Å². The van der Waals surface area contributed by atoms with Crippen LogP contribution >= 0.6 is 0 Å². The van der Waals surface area contributed by atoms with Gasteiger partial charge in [0.05, 0.1) is 0 Å². The fourth-order valence-corrected chi connectivity index (χ4v) is 3.08. The van der Waals surface area contributed by atoms with Crippen LogP contribution in [0.15, 0.2) is 146 Å². The van der Waals surface area contributed by atoms with Gasteiger partial charge in [0.15, 0.2) is 11.6 Å². The van der Waals surface area contributed by atoms with E-state index in [1.807, 2.05) is 146 Å². The van der Waals surface area contributed by atoms with E-state index in [4.69, 9.17) is 0 Å². The zero-order valence-electron chi connectivity index (χ0n) is 20.3. The first-order valence-corrected chi connectivity index (χ1v) is 11.7.